The molecule has 0 spiro atoms. The number of H-pyrrole nitrogens is 1. The number of carbonyl (C=O) groups is 1. The molecule has 0 unspecified atom stereocenters. The summed E-state index contributed by atoms with van der Waals surface area (Å²) in [4.78, 5) is 27.4. The molecule has 110 valence electrons. The number of hydrogen-bond donors (Lipinski definition) is 2. The Bertz CT molecular complexity index is 680. The quantitative estimate of drug-likeness (QED) is 0.620. The summed E-state index contributed by atoms with van der Waals surface area (Å²) in [7, 11) is 1.50. The maximum atomic E-state index is 10.7. The minimum atomic E-state index is -0.915. The number of imidazole rings is 1. The fourth-order valence-corrected chi connectivity index (χ4v) is 1.90. The molecule has 1 aromatic heterocycles. The second kappa shape index (κ2) is 6.04. The SMILES string of the molecule is COc1ccc(CCC(=O)O)c(-c2ncc([N+](=O)[O-])[nH]2)c1. The molecule has 0 radical (unpaired) electrons. The van der Waals surface area contributed by atoms with Crippen molar-refractivity contribution in [2.45, 2.75) is 12.8 Å². The number of rotatable bonds is 6. The summed E-state index contributed by atoms with van der Waals surface area (Å²) >= 11 is 0. The summed E-state index contributed by atoms with van der Waals surface area (Å²) in [5, 5.41) is 19.5. The van der Waals surface area contributed by atoms with Crippen LogP contribution in [0, 0.1) is 10.1 Å². The molecule has 0 bridgehead atoms. The van der Waals surface area contributed by atoms with Gasteiger partial charge in [-0.15, -0.1) is 0 Å². The normalized spacial score (nSPS) is 10.3. The Morgan fingerprint density at radius 3 is 2.86 bits per heavy atom. The second-order valence-corrected chi connectivity index (χ2v) is 4.29. The summed E-state index contributed by atoms with van der Waals surface area (Å²) in [5.74, 6) is -0.275. The van der Waals surface area contributed by atoms with Gasteiger partial charge in [0.1, 0.15) is 11.9 Å². The van der Waals surface area contributed by atoms with Crippen molar-refractivity contribution in [2.24, 2.45) is 0 Å². The summed E-state index contributed by atoms with van der Waals surface area (Å²) in [5.41, 5.74) is 1.31. The van der Waals surface area contributed by atoms with E-state index in [0.29, 0.717) is 23.6 Å². The van der Waals surface area contributed by atoms with Crippen molar-refractivity contribution in [2.75, 3.05) is 7.11 Å². The van der Waals surface area contributed by atoms with Crippen LogP contribution in [0.4, 0.5) is 5.82 Å². The molecule has 21 heavy (non-hydrogen) atoms. The molecule has 1 aromatic carbocycles. The Labute approximate surface area is 119 Å². The van der Waals surface area contributed by atoms with Crippen molar-refractivity contribution in [3.63, 3.8) is 0 Å². The first kappa shape index (κ1) is 14.5. The Balaban J connectivity index is 2.41. The Hall–Kier alpha value is -2.90. The predicted molar refractivity (Wildman–Crippen MR) is 73.2 cm³/mol. The largest absolute Gasteiger partial charge is 0.497 e. The molecule has 0 aliphatic heterocycles. The van der Waals surface area contributed by atoms with Gasteiger partial charge in [0.15, 0.2) is 0 Å². The van der Waals surface area contributed by atoms with Crippen molar-refractivity contribution >= 4 is 11.8 Å². The van der Waals surface area contributed by atoms with Gasteiger partial charge in [0.05, 0.1) is 7.11 Å². The van der Waals surface area contributed by atoms with E-state index >= 15 is 0 Å². The van der Waals surface area contributed by atoms with Gasteiger partial charge >= 0.3 is 11.8 Å². The number of nitrogens with zero attached hydrogens (tertiary/aromatic N) is 2. The maximum Gasteiger partial charge on any atom is 0.340 e. The lowest BCUT2D eigenvalue weighted by Gasteiger charge is -2.07. The van der Waals surface area contributed by atoms with Gasteiger partial charge in [-0.1, -0.05) is 6.07 Å². The first-order valence-electron chi connectivity index (χ1n) is 6.09. The molecule has 2 N–H and O–H groups in total. The van der Waals surface area contributed by atoms with Crippen molar-refractivity contribution in [1.82, 2.24) is 9.97 Å². The summed E-state index contributed by atoms with van der Waals surface area (Å²) in [6.45, 7) is 0. The fraction of sp³-hybridized carbons (Fsp3) is 0.231. The molecule has 0 fully saturated rings. The lowest BCUT2D eigenvalue weighted by molar-refractivity contribution is -0.389. The number of carboxylic acids is 1. The van der Waals surface area contributed by atoms with Crippen LogP contribution in [-0.2, 0) is 11.2 Å². The van der Waals surface area contributed by atoms with E-state index < -0.39 is 10.9 Å². The van der Waals surface area contributed by atoms with E-state index in [1.165, 1.54) is 7.11 Å². The Kier molecular flexibility index (Phi) is 4.17. The molecule has 8 nitrogen and oxygen atoms in total. The van der Waals surface area contributed by atoms with Gasteiger partial charge in [-0.2, -0.15) is 0 Å². The number of aliphatic carboxylic acids is 1. The number of benzene rings is 1. The topological polar surface area (TPSA) is 118 Å². The van der Waals surface area contributed by atoms with Gasteiger partial charge in [0.2, 0.25) is 5.82 Å². The zero-order valence-electron chi connectivity index (χ0n) is 11.2. The van der Waals surface area contributed by atoms with Gasteiger partial charge < -0.3 is 20.0 Å². The summed E-state index contributed by atoms with van der Waals surface area (Å²) in [6.07, 6.45) is 1.38. The number of aryl methyl sites for hydroxylation is 1. The van der Waals surface area contributed by atoms with Crippen LogP contribution < -0.4 is 4.74 Å². The Morgan fingerprint density at radius 1 is 1.52 bits per heavy atom. The number of aromatic amines is 1. The number of carboxylic acid groups (broad SMARTS) is 1. The van der Waals surface area contributed by atoms with E-state index in [9.17, 15) is 14.9 Å². The lowest BCUT2D eigenvalue weighted by atomic mass is 10.0. The van der Waals surface area contributed by atoms with E-state index in [0.717, 1.165) is 11.8 Å². The van der Waals surface area contributed by atoms with Gasteiger partial charge in [-0.3, -0.25) is 4.79 Å². The summed E-state index contributed by atoms with van der Waals surface area (Å²) < 4.78 is 5.12. The molecule has 1 heterocycles. The highest BCUT2D eigenvalue weighted by molar-refractivity contribution is 5.69. The number of nitro groups is 1. The maximum absolute atomic E-state index is 10.7. The van der Waals surface area contributed by atoms with Crippen molar-refractivity contribution in [3.05, 3.63) is 40.1 Å². The number of ether oxygens (including phenoxy) is 1. The average Bonchev–Trinajstić information content (AvgIpc) is 2.94. The number of methoxy groups -OCH3 is 1. The number of nitrogens with one attached hydrogen (secondary N) is 1. The molecule has 0 saturated carbocycles. The van der Waals surface area contributed by atoms with E-state index in [2.05, 4.69) is 9.97 Å². The molecule has 2 rings (SSSR count). The van der Waals surface area contributed by atoms with Crippen LogP contribution in [-0.4, -0.2) is 33.1 Å². The molecular weight excluding hydrogens is 278 g/mol. The highest BCUT2D eigenvalue weighted by atomic mass is 16.6. The predicted octanol–water partition coefficient (Wildman–Crippen LogP) is 2.01. The van der Waals surface area contributed by atoms with E-state index in [-0.39, 0.29) is 12.2 Å². The third-order valence-corrected chi connectivity index (χ3v) is 2.94. The molecule has 0 aliphatic rings. The average molecular weight is 291 g/mol. The van der Waals surface area contributed by atoms with Crippen LogP contribution in [0.1, 0.15) is 12.0 Å². The first-order valence-corrected chi connectivity index (χ1v) is 6.09. The molecule has 0 aliphatic carbocycles. The molecular formula is C13H13N3O5. The minimum absolute atomic E-state index is 0.0396. The van der Waals surface area contributed by atoms with Crippen LogP contribution in [0.25, 0.3) is 11.4 Å². The monoisotopic (exact) mass is 291 g/mol. The standard InChI is InChI=1S/C13H13N3O5/c1-21-9-4-2-8(3-5-12(17)18)10(6-9)13-14-7-11(15-13)16(19)20/h2,4,6-7H,3,5H2,1H3,(H,14,15)(H,17,18). The Morgan fingerprint density at radius 2 is 2.29 bits per heavy atom. The van der Waals surface area contributed by atoms with Gasteiger partial charge in [-0.05, 0) is 29.0 Å². The third kappa shape index (κ3) is 3.35. The van der Waals surface area contributed by atoms with Crippen LogP contribution in [0.15, 0.2) is 24.4 Å². The highest BCUT2D eigenvalue weighted by Gasteiger charge is 2.16. The van der Waals surface area contributed by atoms with Crippen LogP contribution in [0.3, 0.4) is 0 Å². The number of hydrogen-bond acceptors (Lipinski definition) is 5. The van der Waals surface area contributed by atoms with Gasteiger partial charge in [0, 0.05) is 12.0 Å². The lowest BCUT2D eigenvalue weighted by Crippen LogP contribution is -2.00. The van der Waals surface area contributed by atoms with Crippen molar-refractivity contribution < 1.29 is 19.6 Å². The van der Waals surface area contributed by atoms with Gasteiger partial charge in [0.25, 0.3) is 0 Å². The minimum Gasteiger partial charge on any atom is -0.497 e. The van der Waals surface area contributed by atoms with Crippen LogP contribution in [0.5, 0.6) is 5.75 Å². The molecule has 0 saturated heterocycles. The van der Waals surface area contributed by atoms with E-state index in [1.54, 1.807) is 18.2 Å². The molecule has 2 aromatic rings. The highest BCUT2D eigenvalue weighted by Crippen LogP contribution is 2.28. The molecule has 0 amide bonds. The smallest absolute Gasteiger partial charge is 0.340 e. The summed E-state index contributed by atoms with van der Waals surface area (Å²) in [6, 6.07) is 5.10. The zero-order valence-corrected chi connectivity index (χ0v) is 11.2. The molecule has 0 atom stereocenters. The van der Waals surface area contributed by atoms with E-state index in [1.807, 2.05) is 0 Å². The van der Waals surface area contributed by atoms with Gasteiger partial charge in [-0.25, -0.2) is 9.97 Å². The fourth-order valence-electron chi connectivity index (χ4n) is 1.90. The third-order valence-electron chi connectivity index (χ3n) is 2.94. The van der Waals surface area contributed by atoms with E-state index in [4.69, 9.17) is 9.84 Å². The van der Waals surface area contributed by atoms with Crippen molar-refractivity contribution in [1.29, 1.82) is 0 Å². The van der Waals surface area contributed by atoms with Crippen LogP contribution in [0.2, 0.25) is 0 Å². The number of aromatic nitrogens is 2. The van der Waals surface area contributed by atoms with Crippen molar-refractivity contribution in [3.8, 4) is 17.1 Å². The first-order chi connectivity index (χ1) is 10.0. The second-order valence-electron chi connectivity index (χ2n) is 4.29. The zero-order chi connectivity index (χ0) is 15.4. The van der Waals surface area contributed by atoms with Crippen LogP contribution >= 0.6 is 0 Å². The molecule has 8 heteroatoms.